The Labute approximate surface area is 125 Å². The predicted octanol–water partition coefficient (Wildman–Crippen LogP) is 0.208. The Balaban J connectivity index is 1.86. The number of nitrogens with one attached hydrogen (secondary N) is 1. The molecule has 6 nitrogen and oxygen atoms in total. The van der Waals surface area contributed by atoms with Crippen LogP contribution < -0.4 is 20.7 Å². The first-order chi connectivity index (χ1) is 10.3. The van der Waals surface area contributed by atoms with E-state index in [0.717, 1.165) is 36.7 Å². The van der Waals surface area contributed by atoms with Gasteiger partial charge in [0, 0.05) is 38.8 Å². The SMILES string of the molecule is COc1ccc(C(NN)C2CN3CCN2CC3)cc1OC. The zero-order valence-electron chi connectivity index (χ0n) is 12.7. The first-order valence-corrected chi connectivity index (χ1v) is 7.41. The second-order valence-electron chi connectivity index (χ2n) is 5.66. The van der Waals surface area contributed by atoms with Crippen molar-refractivity contribution in [3.05, 3.63) is 23.8 Å². The van der Waals surface area contributed by atoms with E-state index in [4.69, 9.17) is 15.3 Å². The third-order valence-electron chi connectivity index (χ3n) is 4.65. The minimum absolute atomic E-state index is 0.0907. The number of benzene rings is 1. The third-order valence-corrected chi connectivity index (χ3v) is 4.65. The molecule has 21 heavy (non-hydrogen) atoms. The molecular formula is C15H24N4O2. The molecule has 3 N–H and O–H groups in total. The molecule has 1 aromatic rings. The fourth-order valence-corrected chi connectivity index (χ4v) is 3.45. The number of nitrogens with two attached hydrogens (primary N) is 1. The van der Waals surface area contributed by atoms with Crippen LogP contribution in [-0.2, 0) is 0 Å². The summed E-state index contributed by atoms with van der Waals surface area (Å²) in [6.45, 7) is 5.63. The minimum atomic E-state index is 0.0907. The molecule has 3 aliphatic heterocycles. The third kappa shape index (κ3) is 2.72. The van der Waals surface area contributed by atoms with Crippen molar-refractivity contribution in [3.63, 3.8) is 0 Å². The largest absolute Gasteiger partial charge is 0.493 e. The van der Waals surface area contributed by atoms with Crippen molar-refractivity contribution < 1.29 is 9.47 Å². The number of ether oxygens (including phenoxy) is 2. The minimum Gasteiger partial charge on any atom is -0.493 e. The molecule has 0 radical (unpaired) electrons. The number of hydrogen-bond donors (Lipinski definition) is 2. The van der Waals surface area contributed by atoms with Crippen LogP contribution in [0, 0.1) is 0 Å². The number of methoxy groups -OCH3 is 2. The lowest BCUT2D eigenvalue weighted by atomic mass is 9.94. The highest BCUT2D eigenvalue weighted by atomic mass is 16.5. The van der Waals surface area contributed by atoms with E-state index in [-0.39, 0.29) is 6.04 Å². The Morgan fingerprint density at radius 3 is 2.38 bits per heavy atom. The molecular weight excluding hydrogens is 268 g/mol. The molecule has 0 spiro atoms. The van der Waals surface area contributed by atoms with Gasteiger partial charge in [-0.15, -0.1) is 0 Å². The van der Waals surface area contributed by atoms with Gasteiger partial charge < -0.3 is 9.47 Å². The van der Waals surface area contributed by atoms with Crippen LogP contribution in [-0.4, -0.2) is 62.8 Å². The molecule has 2 atom stereocenters. The summed E-state index contributed by atoms with van der Waals surface area (Å²) in [7, 11) is 3.31. The molecule has 3 saturated heterocycles. The number of nitrogens with zero attached hydrogens (tertiary/aromatic N) is 2. The Hall–Kier alpha value is -1.34. The van der Waals surface area contributed by atoms with E-state index in [9.17, 15) is 0 Å². The van der Waals surface area contributed by atoms with Crippen molar-refractivity contribution in [1.29, 1.82) is 0 Å². The molecule has 0 aromatic heterocycles. The fourth-order valence-electron chi connectivity index (χ4n) is 3.45. The molecule has 3 heterocycles. The van der Waals surface area contributed by atoms with Crippen molar-refractivity contribution in [1.82, 2.24) is 15.2 Å². The molecule has 0 amide bonds. The van der Waals surface area contributed by atoms with Crippen molar-refractivity contribution >= 4 is 0 Å². The van der Waals surface area contributed by atoms with Gasteiger partial charge in [0.05, 0.1) is 20.3 Å². The first kappa shape index (κ1) is 14.6. The summed E-state index contributed by atoms with van der Waals surface area (Å²) in [5.74, 6) is 7.35. The predicted molar refractivity (Wildman–Crippen MR) is 81.4 cm³/mol. The van der Waals surface area contributed by atoms with Crippen molar-refractivity contribution in [2.75, 3.05) is 46.9 Å². The number of piperazine rings is 3. The Morgan fingerprint density at radius 1 is 1.14 bits per heavy atom. The van der Waals surface area contributed by atoms with Gasteiger partial charge in [0.2, 0.25) is 0 Å². The van der Waals surface area contributed by atoms with E-state index in [1.54, 1.807) is 14.2 Å². The second kappa shape index (κ2) is 6.19. The van der Waals surface area contributed by atoms with E-state index in [0.29, 0.717) is 6.04 Å². The monoisotopic (exact) mass is 292 g/mol. The molecule has 116 valence electrons. The highest BCUT2D eigenvalue weighted by molar-refractivity contribution is 5.44. The van der Waals surface area contributed by atoms with Crippen LogP contribution in [0.4, 0.5) is 0 Å². The summed E-state index contributed by atoms with van der Waals surface area (Å²) in [6.07, 6.45) is 0. The zero-order chi connectivity index (χ0) is 14.8. The average molecular weight is 292 g/mol. The molecule has 2 unspecified atom stereocenters. The van der Waals surface area contributed by atoms with Crippen LogP contribution in [0.3, 0.4) is 0 Å². The molecule has 4 rings (SSSR count). The summed E-state index contributed by atoms with van der Waals surface area (Å²) in [4.78, 5) is 5.04. The summed E-state index contributed by atoms with van der Waals surface area (Å²) in [5.41, 5.74) is 4.13. The van der Waals surface area contributed by atoms with Gasteiger partial charge in [-0.05, 0) is 17.7 Å². The Morgan fingerprint density at radius 2 is 1.86 bits per heavy atom. The molecule has 3 aliphatic rings. The number of hydrazine groups is 1. The van der Waals surface area contributed by atoms with E-state index < -0.39 is 0 Å². The van der Waals surface area contributed by atoms with Gasteiger partial charge >= 0.3 is 0 Å². The van der Waals surface area contributed by atoms with Crippen molar-refractivity contribution in [2.24, 2.45) is 5.84 Å². The van der Waals surface area contributed by atoms with Crippen LogP contribution in [0.5, 0.6) is 11.5 Å². The topological polar surface area (TPSA) is 63.0 Å². The number of rotatable bonds is 5. The maximum Gasteiger partial charge on any atom is 0.161 e. The molecule has 0 aliphatic carbocycles. The van der Waals surface area contributed by atoms with Gasteiger partial charge in [-0.1, -0.05) is 6.07 Å². The second-order valence-corrected chi connectivity index (χ2v) is 5.66. The molecule has 6 heteroatoms. The number of fused-ring (bicyclic) bond motifs is 3. The summed E-state index contributed by atoms with van der Waals surface area (Å²) >= 11 is 0. The lowest BCUT2D eigenvalue weighted by molar-refractivity contribution is -0.00372. The van der Waals surface area contributed by atoms with E-state index in [1.165, 1.54) is 13.1 Å². The van der Waals surface area contributed by atoms with Crippen LogP contribution in [0.1, 0.15) is 11.6 Å². The van der Waals surface area contributed by atoms with Gasteiger partial charge in [0.1, 0.15) is 0 Å². The smallest absolute Gasteiger partial charge is 0.161 e. The molecule has 2 bridgehead atoms. The van der Waals surface area contributed by atoms with Crippen LogP contribution in [0.25, 0.3) is 0 Å². The first-order valence-electron chi connectivity index (χ1n) is 7.41. The Kier molecular flexibility index (Phi) is 4.30. The normalized spacial score (nSPS) is 29.2. The van der Waals surface area contributed by atoms with Gasteiger partial charge in [0.25, 0.3) is 0 Å². The van der Waals surface area contributed by atoms with Crippen molar-refractivity contribution in [3.8, 4) is 11.5 Å². The van der Waals surface area contributed by atoms with Crippen molar-refractivity contribution in [2.45, 2.75) is 12.1 Å². The van der Waals surface area contributed by atoms with Gasteiger partial charge in [0.15, 0.2) is 11.5 Å². The van der Waals surface area contributed by atoms with Crippen LogP contribution in [0.15, 0.2) is 18.2 Å². The van der Waals surface area contributed by atoms with Gasteiger partial charge in [-0.25, -0.2) is 0 Å². The lowest BCUT2D eigenvalue weighted by Crippen LogP contribution is -2.64. The van der Waals surface area contributed by atoms with E-state index in [2.05, 4.69) is 21.3 Å². The molecule has 0 saturated carbocycles. The van der Waals surface area contributed by atoms with Gasteiger partial charge in [-0.2, -0.15) is 0 Å². The molecule has 3 fully saturated rings. The summed E-state index contributed by atoms with van der Waals surface area (Å²) < 4.78 is 10.7. The quantitative estimate of drug-likeness (QED) is 0.597. The maximum absolute atomic E-state index is 5.86. The van der Waals surface area contributed by atoms with Gasteiger partial charge in [-0.3, -0.25) is 21.1 Å². The highest BCUT2D eigenvalue weighted by Crippen LogP contribution is 2.33. The summed E-state index contributed by atoms with van der Waals surface area (Å²) in [5, 5.41) is 0. The van der Waals surface area contributed by atoms with E-state index in [1.807, 2.05) is 12.1 Å². The zero-order valence-corrected chi connectivity index (χ0v) is 12.7. The van der Waals surface area contributed by atoms with E-state index >= 15 is 0 Å². The van der Waals surface area contributed by atoms with Crippen LogP contribution in [0.2, 0.25) is 0 Å². The molecule has 1 aromatic carbocycles. The average Bonchev–Trinajstić information content (AvgIpc) is 2.56. The number of hydrogen-bond acceptors (Lipinski definition) is 6. The standard InChI is InChI=1S/C15H24N4O2/c1-20-13-4-3-11(9-14(13)21-2)15(17-16)12-10-18-5-7-19(12)8-6-18/h3-4,9,12,15,17H,5-8,10,16H2,1-2H3. The maximum atomic E-state index is 5.86. The summed E-state index contributed by atoms with van der Waals surface area (Å²) in [6, 6.07) is 6.51. The van der Waals surface area contributed by atoms with Crippen LogP contribution >= 0.6 is 0 Å². The fraction of sp³-hybridized carbons (Fsp3) is 0.600. The lowest BCUT2D eigenvalue weighted by Gasteiger charge is -2.50. The highest BCUT2D eigenvalue weighted by Gasteiger charge is 2.37. The Bertz CT molecular complexity index is 489.